The molecule has 23 heavy (non-hydrogen) atoms. The minimum atomic E-state index is -0.353. The molecule has 0 radical (unpaired) electrons. The lowest BCUT2D eigenvalue weighted by atomic mass is 10.1. The Hall–Kier alpha value is -1.86. The van der Waals surface area contributed by atoms with Gasteiger partial charge in [0.1, 0.15) is 0 Å². The summed E-state index contributed by atoms with van der Waals surface area (Å²) >= 11 is 1.15. The van der Waals surface area contributed by atoms with Crippen molar-refractivity contribution in [2.75, 3.05) is 19.7 Å². The molecule has 126 valence electrons. The maximum Gasteiger partial charge on any atom is 0.306 e. The predicted molar refractivity (Wildman–Crippen MR) is 90.0 cm³/mol. The SMILES string of the molecule is CCOC(=O)CCC(=O)SCc1ccc(C(=O)NCCN)cc1. The van der Waals surface area contributed by atoms with Crippen molar-refractivity contribution in [3.8, 4) is 0 Å². The largest absolute Gasteiger partial charge is 0.466 e. The summed E-state index contributed by atoms with van der Waals surface area (Å²) in [4.78, 5) is 34.6. The number of esters is 1. The van der Waals surface area contributed by atoms with Crippen molar-refractivity contribution in [2.45, 2.75) is 25.5 Å². The number of ether oxygens (including phenoxy) is 1. The molecular formula is C16H22N2O4S. The lowest BCUT2D eigenvalue weighted by Gasteiger charge is -2.05. The average Bonchev–Trinajstić information content (AvgIpc) is 2.56. The summed E-state index contributed by atoms with van der Waals surface area (Å²) < 4.78 is 4.77. The monoisotopic (exact) mass is 338 g/mol. The fourth-order valence-electron chi connectivity index (χ4n) is 1.71. The van der Waals surface area contributed by atoms with E-state index in [0.29, 0.717) is 31.0 Å². The van der Waals surface area contributed by atoms with Gasteiger partial charge in [-0.2, -0.15) is 0 Å². The van der Waals surface area contributed by atoms with Gasteiger partial charge in [-0.1, -0.05) is 23.9 Å². The molecule has 7 heteroatoms. The summed E-state index contributed by atoms with van der Waals surface area (Å²) in [5.74, 6) is -0.0127. The summed E-state index contributed by atoms with van der Waals surface area (Å²) in [5, 5.41) is 2.64. The summed E-state index contributed by atoms with van der Waals surface area (Å²) in [5.41, 5.74) is 6.82. The van der Waals surface area contributed by atoms with Gasteiger partial charge < -0.3 is 15.8 Å². The van der Waals surface area contributed by atoms with Crippen molar-refractivity contribution in [1.82, 2.24) is 5.32 Å². The average molecular weight is 338 g/mol. The second-order valence-corrected chi connectivity index (χ2v) is 5.74. The van der Waals surface area contributed by atoms with Crippen molar-refractivity contribution < 1.29 is 19.1 Å². The lowest BCUT2D eigenvalue weighted by molar-refractivity contribution is -0.143. The number of amides is 1. The minimum absolute atomic E-state index is 0.0529. The van der Waals surface area contributed by atoms with Crippen LogP contribution in [-0.4, -0.2) is 36.7 Å². The highest BCUT2D eigenvalue weighted by atomic mass is 32.2. The molecule has 0 bridgehead atoms. The highest BCUT2D eigenvalue weighted by Crippen LogP contribution is 2.16. The fourth-order valence-corrected chi connectivity index (χ4v) is 2.48. The first-order valence-electron chi connectivity index (χ1n) is 7.45. The topological polar surface area (TPSA) is 98.5 Å². The first-order valence-corrected chi connectivity index (χ1v) is 8.43. The van der Waals surface area contributed by atoms with E-state index < -0.39 is 0 Å². The van der Waals surface area contributed by atoms with E-state index >= 15 is 0 Å². The summed E-state index contributed by atoms with van der Waals surface area (Å²) in [6, 6.07) is 7.04. The normalized spacial score (nSPS) is 10.2. The van der Waals surface area contributed by atoms with Gasteiger partial charge in [-0.25, -0.2) is 0 Å². The molecule has 0 aromatic heterocycles. The maximum absolute atomic E-state index is 11.7. The molecule has 0 saturated heterocycles. The molecule has 0 heterocycles. The van der Waals surface area contributed by atoms with E-state index in [2.05, 4.69) is 5.32 Å². The third-order valence-corrected chi connectivity index (χ3v) is 3.89. The fraction of sp³-hybridized carbons (Fsp3) is 0.438. The quantitative estimate of drug-likeness (QED) is 0.662. The summed E-state index contributed by atoms with van der Waals surface area (Å²) in [7, 11) is 0. The minimum Gasteiger partial charge on any atom is -0.466 e. The number of nitrogens with one attached hydrogen (secondary N) is 1. The number of nitrogens with two attached hydrogens (primary N) is 1. The Morgan fingerprint density at radius 1 is 1.17 bits per heavy atom. The molecule has 0 aliphatic rings. The third-order valence-electron chi connectivity index (χ3n) is 2.88. The smallest absolute Gasteiger partial charge is 0.306 e. The number of thioether (sulfide) groups is 1. The zero-order valence-corrected chi connectivity index (χ0v) is 14.0. The Morgan fingerprint density at radius 2 is 1.87 bits per heavy atom. The Balaban J connectivity index is 2.36. The van der Waals surface area contributed by atoms with E-state index in [1.807, 2.05) is 12.1 Å². The van der Waals surface area contributed by atoms with Gasteiger partial charge in [0.15, 0.2) is 5.12 Å². The maximum atomic E-state index is 11.7. The third kappa shape index (κ3) is 7.80. The molecule has 6 nitrogen and oxygen atoms in total. The van der Waals surface area contributed by atoms with Gasteiger partial charge in [-0.05, 0) is 24.6 Å². The second kappa shape index (κ2) is 10.8. The number of hydrogen-bond donors (Lipinski definition) is 2. The molecule has 0 aliphatic heterocycles. The molecule has 1 aromatic carbocycles. The van der Waals surface area contributed by atoms with Crippen LogP contribution in [0.15, 0.2) is 24.3 Å². The van der Waals surface area contributed by atoms with Gasteiger partial charge in [0.05, 0.1) is 13.0 Å². The van der Waals surface area contributed by atoms with E-state index in [-0.39, 0.29) is 29.8 Å². The second-order valence-electron chi connectivity index (χ2n) is 4.71. The van der Waals surface area contributed by atoms with Crippen LogP contribution < -0.4 is 11.1 Å². The van der Waals surface area contributed by atoms with Crippen molar-refractivity contribution >= 4 is 28.8 Å². The highest BCUT2D eigenvalue weighted by Gasteiger charge is 2.09. The van der Waals surface area contributed by atoms with Gasteiger partial charge in [0.25, 0.3) is 5.91 Å². The molecule has 1 aromatic rings. The summed E-state index contributed by atoms with van der Waals surface area (Å²) in [6.45, 7) is 2.89. The van der Waals surface area contributed by atoms with Crippen LogP contribution in [0.4, 0.5) is 0 Å². The Labute approximate surface area is 140 Å². The van der Waals surface area contributed by atoms with Gasteiger partial charge >= 0.3 is 5.97 Å². The molecule has 0 atom stereocenters. The van der Waals surface area contributed by atoms with Crippen LogP contribution in [0.2, 0.25) is 0 Å². The number of carbonyl (C=O) groups is 3. The van der Waals surface area contributed by atoms with Crippen LogP contribution in [-0.2, 0) is 20.1 Å². The predicted octanol–water partition coefficient (Wildman–Crippen LogP) is 1.48. The molecule has 1 amide bonds. The van der Waals surface area contributed by atoms with E-state index in [9.17, 15) is 14.4 Å². The Kier molecular flexibility index (Phi) is 9.01. The molecule has 0 unspecified atom stereocenters. The first kappa shape index (κ1) is 19.2. The van der Waals surface area contributed by atoms with Crippen LogP contribution in [0.25, 0.3) is 0 Å². The molecule has 0 saturated carbocycles. The van der Waals surface area contributed by atoms with Crippen LogP contribution in [0, 0.1) is 0 Å². The molecule has 0 spiro atoms. The lowest BCUT2D eigenvalue weighted by Crippen LogP contribution is -2.28. The van der Waals surface area contributed by atoms with Crippen LogP contribution in [0.3, 0.4) is 0 Å². The highest BCUT2D eigenvalue weighted by molar-refractivity contribution is 8.12. The molecule has 1 rings (SSSR count). The molecule has 3 N–H and O–H groups in total. The first-order chi connectivity index (χ1) is 11.1. The zero-order valence-electron chi connectivity index (χ0n) is 13.2. The van der Waals surface area contributed by atoms with E-state index in [1.54, 1.807) is 19.1 Å². The molecule has 0 fully saturated rings. The van der Waals surface area contributed by atoms with Crippen molar-refractivity contribution in [3.05, 3.63) is 35.4 Å². The van der Waals surface area contributed by atoms with Crippen molar-refractivity contribution in [3.63, 3.8) is 0 Å². The van der Waals surface area contributed by atoms with Crippen LogP contribution >= 0.6 is 11.8 Å². The van der Waals surface area contributed by atoms with Gasteiger partial charge in [-0.3, -0.25) is 14.4 Å². The molecular weight excluding hydrogens is 316 g/mol. The van der Waals surface area contributed by atoms with Gasteiger partial charge in [0.2, 0.25) is 0 Å². The number of carbonyl (C=O) groups excluding carboxylic acids is 3. The van der Waals surface area contributed by atoms with E-state index in [0.717, 1.165) is 17.3 Å². The van der Waals surface area contributed by atoms with Crippen molar-refractivity contribution in [2.24, 2.45) is 5.73 Å². The van der Waals surface area contributed by atoms with E-state index in [1.165, 1.54) is 0 Å². The number of rotatable bonds is 9. The molecule has 0 aliphatic carbocycles. The van der Waals surface area contributed by atoms with Crippen LogP contribution in [0.1, 0.15) is 35.7 Å². The summed E-state index contributed by atoms with van der Waals surface area (Å²) in [6.07, 6.45) is 0.281. The standard InChI is InChI=1S/C16H22N2O4S/c1-2-22-14(19)7-8-15(20)23-11-12-3-5-13(6-4-12)16(21)18-10-9-17/h3-6H,2,7-11,17H2,1H3,(H,18,21). The number of benzene rings is 1. The van der Waals surface area contributed by atoms with Gasteiger partial charge in [-0.15, -0.1) is 0 Å². The Morgan fingerprint density at radius 3 is 2.48 bits per heavy atom. The number of hydrogen-bond acceptors (Lipinski definition) is 6. The van der Waals surface area contributed by atoms with E-state index in [4.69, 9.17) is 10.5 Å². The zero-order chi connectivity index (χ0) is 17.1. The van der Waals surface area contributed by atoms with Crippen LogP contribution in [0.5, 0.6) is 0 Å². The van der Waals surface area contributed by atoms with Gasteiger partial charge in [0, 0.05) is 30.8 Å². The Bertz CT molecular complexity index is 531. The van der Waals surface area contributed by atoms with Crippen molar-refractivity contribution in [1.29, 1.82) is 0 Å².